The van der Waals surface area contributed by atoms with Crippen molar-refractivity contribution in [3.05, 3.63) is 57.8 Å². The van der Waals surface area contributed by atoms with E-state index in [2.05, 4.69) is 0 Å². The Labute approximate surface area is 135 Å². The molecule has 1 N–H and O–H groups in total. The van der Waals surface area contributed by atoms with Gasteiger partial charge in [0.2, 0.25) is 0 Å². The van der Waals surface area contributed by atoms with Crippen LogP contribution in [-0.4, -0.2) is 18.2 Å². The molecule has 0 radical (unpaired) electrons. The first-order valence-electron chi connectivity index (χ1n) is 7.09. The van der Waals surface area contributed by atoms with E-state index in [9.17, 15) is 9.90 Å². The third kappa shape index (κ3) is 4.61. The van der Waals surface area contributed by atoms with E-state index in [0.717, 1.165) is 29.5 Å². The minimum atomic E-state index is -0.267. The van der Waals surface area contributed by atoms with Gasteiger partial charge in [0, 0.05) is 5.02 Å². The summed E-state index contributed by atoms with van der Waals surface area (Å²) in [6.45, 7) is 0.266. The maximum absolute atomic E-state index is 11.4. The number of esters is 1. The second-order valence-electron chi connectivity index (χ2n) is 5.08. The SMILES string of the molecule is COC(=O)CC1=C(OCc2cc(Cl)cc(CO)c2)C=CCC1. The van der Waals surface area contributed by atoms with Gasteiger partial charge in [-0.05, 0) is 53.8 Å². The van der Waals surface area contributed by atoms with Gasteiger partial charge in [-0.15, -0.1) is 0 Å². The maximum atomic E-state index is 11.4. The third-order valence-corrected chi connectivity index (χ3v) is 3.63. The van der Waals surface area contributed by atoms with Crippen molar-refractivity contribution in [2.24, 2.45) is 0 Å². The Morgan fingerprint density at radius 1 is 1.32 bits per heavy atom. The van der Waals surface area contributed by atoms with Crippen molar-refractivity contribution in [2.75, 3.05) is 7.11 Å². The Balaban J connectivity index is 2.09. The van der Waals surface area contributed by atoms with Crippen molar-refractivity contribution in [1.82, 2.24) is 0 Å². The highest BCUT2D eigenvalue weighted by atomic mass is 35.5. The zero-order valence-corrected chi connectivity index (χ0v) is 13.2. The van der Waals surface area contributed by atoms with Crippen molar-refractivity contribution >= 4 is 17.6 Å². The molecule has 0 aliphatic heterocycles. The fraction of sp³-hybridized carbons (Fsp3) is 0.353. The number of ether oxygens (including phenoxy) is 2. The topological polar surface area (TPSA) is 55.8 Å². The monoisotopic (exact) mass is 322 g/mol. The lowest BCUT2D eigenvalue weighted by Gasteiger charge is -2.16. The molecule has 118 valence electrons. The van der Waals surface area contributed by atoms with Gasteiger partial charge in [-0.1, -0.05) is 17.7 Å². The number of benzene rings is 1. The molecular formula is C17H19ClO4. The van der Waals surface area contributed by atoms with E-state index < -0.39 is 0 Å². The minimum absolute atomic E-state index is 0.0657. The predicted molar refractivity (Wildman–Crippen MR) is 84.2 cm³/mol. The van der Waals surface area contributed by atoms with Gasteiger partial charge in [0.1, 0.15) is 12.4 Å². The second-order valence-corrected chi connectivity index (χ2v) is 5.51. The summed E-state index contributed by atoms with van der Waals surface area (Å²) in [6.07, 6.45) is 5.84. The van der Waals surface area contributed by atoms with Crippen LogP contribution < -0.4 is 0 Å². The number of allylic oxidation sites excluding steroid dienone is 2. The molecular weight excluding hydrogens is 304 g/mol. The van der Waals surface area contributed by atoms with Gasteiger partial charge in [0.05, 0.1) is 20.1 Å². The predicted octanol–water partition coefficient (Wildman–Crippen LogP) is 3.52. The maximum Gasteiger partial charge on any atom is 0.309 e. The summed E-state index contributed by atoms with van der Waals surface area (Å²) < 4.78 is 10.5. The number of carbonyl (C=O) groups is 1. The Morgan fingerprint density at radius 3 is 2.82 bits per heavy atom. The Bertz CT molecular complexity index is 605. The van der Waals surface area contributed by atoms with Crippen LogP contribution >= 0.6 is 11.6 Å². The Morgan fingerprint density at radius 2 is 2.09 bits per heavy atom. The van der Waals surface area contributed by atoms with Gasteiger partial charge in [0.15, 0.2) is 0 Å². The molecule has 1 aromatic rings. The standard InChI is InChI=1S/C17H19ClO4/c1-21-17(20)9-14-4-2-3-5-16(14)22-11-13-6-12(10-19)7-15(18)8-13/h3,5-8,19H,2,4,9-11H2,1H3. The second kappa shape index (κ2) is 8.01. The highest BCUT2D eigenvalue weighted by molar-refractivity contribution is 6.30. The summed E-state index contributed by atoms with van der Waals surface area (Å²) in [4.78, 5) is 11.4. The Hall–Kier alpha value is -1.78. The van der Waals surface area contributed by atoms with E-state index in [1.807, 2.05) is 18.2 Å². The summed E-state index contributed by atoms with van der Waals surface area (Å²) in [5, 5.41) is 9.76. The molecule has 4 nitrogen and oxygen atoms in total. The van der Waals surface area contributed by atoms with Crippen LogP contribution in [0.1, 0.15) is 30.4 Å². The molecule has 0 bridgehead atoms. The summed E-state index contributed by atoms with van der Waals surface area (Å²) in [6, 6.07) is 5.36. The minimum Gasteiger partial charge on any atom is -0.489 e. The lowest BCUT2D eigenvalue weighted by molar-refractivity contribution is -0.139. The van der Waals surface area contributed by atoms with Crippen molar-refractivity contribution in [1.29, 1.82) is 0 Å². The van der Waals surface area contributed by atoms with E-state index >= 15 is 0 Å². The molecule has 1 aliphatic carbocycles. The summed E-state index contributed by atoms with van der Waals surface area (Å²) in [7, 11) is 1.38. The molecule has 22 heavy (non-hydrogen) atoms. The fourth-order valence-electron chi connectivity index (χ4n) is 2.31. The number of hydrogen-bond acceptors (Lipinski definition) is 4. The Kier molecular flexibility index (Phi) is 6.04. The molecule has 0 saturated heterocycles. The largest absolute Gasteiger partial charge is 0.489 e. The van der Waals surface area contributed by atoms with Gasteiger partial charge in [0.25, 0.3) is 0 Å². The molecule has 5 heteroatoms. The summed E-state index contributed by atoms with van der Waals surface area (Å²) in [5.41, 5.74) is 2.56. The first-order chi connectivity index (χ1) is 10.6. The first-order valence-corrected chi connectivity index (χ1v) is 7.47. The molecule has 0 fully saturated rings. The van der Waals surface area contributed by atoms with E-state index in [4.69, 9.17) is 21.1 Å². The van der Waals surface area contributed by atoms with Crippen molar-refractivity contribution < 1.29 is 19.4 Å². The van der Waals surface area contributed by atoms with Gasteiger partial charge in [-0.25, -0.2) is 0 Å². The zero-order valence-electron chi connectivity index (χ0n) is 12.5. The van der Waals surface area contributed by atoms with Gasteiger partial charge in [-0.2, -0.15) is 0 Å². The number of aliphatic hydroxyl groups excluding tert-OH is 1. The van der Waals surface area contributed by atoms with Gasteiger partial charge in [-0.3, -0.25) is 4.79 Å². The van der Waals surface area contributed by atoms with E-state index in [1.54, 1.807) is 12.1 Å². The molecule has 2 rings (SSSR count). The van der Waals surface area contributed by atoms with Crippen LogP contribution in [0.25, 0.3) is 0 Å². The average Bonchev–Trinajstić information content (AvgIpc) is 2.53. The summed E-state index contributed by atoms with van der Waals surface area (Å²) >= 11 is 6.01. The fourth-order valence-corrected chi connectivity index (χ4v) is 2.59. The van der Waals surface area contributed by atoms with Crippen molar-refractivity contribution in [3.8, 4) is 0 Å². The van der Waals surface area contributed by atoms with Crippen LogP contribution in [0.3, 0.4) is 0 Å². The number of methoxy groups -OCH3 is 1. The van der Waals surface area contributed by atoms with Crippen LogP contribution in [0.15, 0.2) is 41.7 Å². The molecule has 0 spiro atoms. The molecule has 0 atom stereocenters. The quantitative estimate of drug-likeness (QED) is 0.814. The normalized spacial score (nSPS) is 14.1. The highest BCUT2D eigenvalue weighted by Crippen LogP contribution is 2.25. The third-order valence-electron chi connectivity index (χ3n) is 3.41. The number of carbonyl (C=O) groups excluding carboxylic acids is 1. The van der Waals surface area contributed by atoms with Crippen LogP contribution in [0.2, 0.25) is 5.02 Å². The van der Waals surface area contributed by atoms with Gasteiger partial charge < -0.3 is 14.6 Å². The summed E-state index contributed by atoms with van der Waals surface area (Å²) in [5.74, 6) is 0.443. The van der Waals surface area contributed by atoms with Crippen LogP contribution in [0, 0.1) is 0 Å². The molecule has 0 unspecified atom stereocenters. The molecule has 0 heterocycles. The van der Waals surface area contributed by atoms with Crippen molar-refractivity contribution in [2.45, 2.75) is 32.5 Å². The zero-order chi connectivity index (χ0) is 15.9. The van der Waals surface area contributed by atoms with Gasteiger partial charge >= 0.3 is 5.97 Å². The first kappa shape index (κ1) is 16.6. The average molecular weight is 323 g/mol. The van der Waals surface area contributed by atoms with Crippen LogP contribution in [0.4, 0.5) is 0 Å². The lowest BCUT2D eigenvalue weighted by Crippen LogP contribution is -2.07. The van der Waals surface area contributed by atoms with E-state index in [1.165, 1.54) is 7.11 Å². The smallest absolute Gasteiger partial charge is 0.309 e. The molecule has 0 aromatic heterocycles. The lowest BCUT2D eigenvalue weighted by atomic mass is 10.0. The van der Waals surface area contributed by atoms with Crippen LogP contribution in [0.5, 0.6) is 0 Å². The van der Waals surface area contributed by atoms with E-state index in [-0.39, 0.29) is 19.0 Å². The number of aliphatic hydroxyl groups is 1. The molecule has 1 aliphatic rings. The van der Waals surface area contributed by atoms with Crippen molar-refractivity contribution in [3.63, 3.8) is 0 Å². The number of rotatable bonds is 6. The van der Waals surface area contributed by atoms with Crippen LogP contribution in [-0.2, 0) is 27.5 Å². The number of hydrogen-bond donors (Lipinski definition) is 1. The molecule has 0 amide bonds. The molecule has 1 aromatic carbocycles. The highest BCUT2D eigenvalue weighted by Gasteiger charge is 2.14. The number of halogens is 1. The molecule has 0 saturated carbocycles. The van der Waals surface area contributed by atoms with E-state index in [0.29, 0.717) is 17.4 Å².